The van der Waals surface area contributed by atoms with Gasteiger partial charge in [-0.1, -0.05) is 30.7 Å². The summed E-state index contributed by atoms with van der Waals surface area (Å²) in [5, 5.41) is 4.07. The van der Waals surface area contributed by atoms with Crippen LogP contribution >= 0.6 is 11.6 Å². The molecule has 0 aliphatic rings. The average Bonchev–Trinajstić information content (AvgIpc) is 2.42. The van der Waals surface area contributed by atoms with E-state index in [0.29, 0.717) is 6.61 Å². The fourth-order valence-electron chi connectivity index (χ4n) is 1.80. The Hall–Kier alpha value is -0.610. The molecule has 0 fully saturated rings. The Bertz CT molecular complexity index is 396. The van der Waals surface area contributed by atoms with E-state index >= 15 is 0 Å². The van der Waals surface area contributed by atoms with Gasteiger partial charge >= 0.3 is 0 Å². The normalized spacial score (nSPS) is 13.4. The molecule has 1 aromatic carbocycles. The van der Waals surface area contributed by atoms with Gasteiger partial charge in [-0.25, -0.2) is 0 Å². The standard InChI is InChI=1S/C16H26ClNO2/c1-5-18-12-15(13-7-6-8-14(17)11-13)20-10-9-16(2,3)19-4/h6-8,11,15,18H,5,9-10,12H2,1-4H3. The Labute approximate surface area is 127 Å². The van der Waals surface area contributed by atoms with Gasteiger partial charge in [0.05, 0.1) is 18.3 Å². The number of ether oxygens (including phenoxy) is 2. The zero-order valence-corrected chi connectivity index (χ0v) is 13.7. The first kappa shape index (κ1) is 17.4. The van der Waals surface area contributed by atoms with E-state index in [9.17, 15) is 0 Å². The van der Waals surface area contributed by atoms with E-state index in [2.05, 4.69) is 32.2 Å². The minimum atomic E-state index is -0.156. The molecule has 1 atom stereocenters. The lowest BCUT2D eigenvalue weighted by Crippen LogP contribution is -2.27. The molecule has 1 aromatic rings. The van der Waals surface area contributed by atoms with Crippen molar-refractivity contribution in [1.82, 2.24) is 5.32 Å². The largest absolute Gasteiger partial charge is 0.379 e. The SMILES string of the molecule is CCNCC(OCCC(C)(C)OC)c1cccc(Cl)c1. The molecule has 1 rings (SSSR count). The van der Waals surface area contributed by atoms with Crippen molar-refractivity contribution in [2.24, 2.45) is 0 Å². The molecule has 0 aliphatic heterocycles. The molecular formula is C16H26ClNO2. The van der Waals surface area contributed by atoms with Crippen LogP contribution in [0.5, 0.6) is 0 Å². The zero-order valence-electron chi connectivity index (χ0n) is 12.9. The van der Waals surface area contributed by atoms with Crippen molar-refractivity contribution in [3.8, 4) is 0 Å². The molecular weight excluding hydrogens is 274 g/mol. The topological polar surface area (TPSA) is 30.5 Å². The van der Waals surface area contributed by atoms with Crippen LogP contribution in [-0.4, -0.2) is 32.4 Å². The van der Waals surface area contributed by atoms with Crippen LogP contribution in [0.1, 0.15) is 38.9 Å². The molecule has 0 radical (unpaired) electrons. The smallest absolute Gasteiger partial charge is 0.0949 e. The molecule has 0 spiro atoms. The van der Waals surface area contributed by atoms with Gasteiger partial charge in [-0.2, -0.15) is 0 Å². The quantitative estimate of drug-likeness (QED) is 0.752. The molecule has 0 saturated heterocycles. The lowest BCUT2D eigenvalue weighted by Gasteiger charge is -2.25. The van der Waals surface area contributed by atoms with E-state index in [0.717, 1.165) is 30.1 Å². The maximum Gasteiger partial charge on any atom is 0.0949 e. The van der Waals surface area contributed by atoms with Crippen molar-refractivity contribution in [2.75, 3.05) is 26.8 Å². The van der Waals surface area contributed by atoms with Crippen molar-refractivity contribution in [1.29, 1.82) is 0 Å². The first-order chi connectivity index (χ1) is 9.48. The summed E-state index contributed by atoms with van der Waals surface area (Å²) in [6.45, 7) is 8.57. The van der Waals surface area contributed by atoms with Crippen LogP contribution in [0.25, 0.3) is 0 Å². The van der Waals surface area contributed by atoms with Gasteiger partial charge < -0.3 is 14.8 Å². The summed E-state index contributed by atoms with van der Waals surface area (Å²) in [5.74, 6) is 0. The lowest BCUT2D eigenvalue weighted by molar-refractivity contribution is -0.0271. The van der Waals surface area contributed by atoms with Crippen LogP contribution in [0.4, 0.5) is 0 Å². The second-order valence-corrected chi connectivity index (χ2v) is 5.87. The third-order valence-electron chi connectivity index (χ3n) is 3.38. The Morgan fingerprint density at radius 1 is 1.35 bits per heavy atom. The van der Waals surface area contributed by atoms with Gasteiger partial charge in [-0.05, 0) is 44.5 Å². The molecule has 0 saturated carbocycles. The average molecular weight is 300 g/mol. The van der Waals surface area contributed by atoms with Crippen LogP contribution in [0.15, 0.2) is 24.3 Å². The van der Waals surface area contributed by atoms with Crippen molar-refractivity contribution in [3.05, 3.63) is 34.9 Å². The third-order valence-corrected chi connectivity index (χ3v) is 3.61. The highest BCUT2D eigenvalue weighted by Crippen LogP contribution is 2.22. The van der Waals surface area contributed by atoms with E-state index in [1.54, 1.807) is 7.11 Å². The number of likely N-dealkylation sites (N-methyl/N-ethyl adjacent to an activating group) is 1. The summed E-state index contributed by atoms with van der Waals surface area (Å²) in [6.07, 6.45) is 0.869. The van der Waals surface area contributed by atoms with E-state index in [1.807, 2.05) is 18.2 Å². The summed E-state index contributed by atoms with van der Waals surface area (Å²) >= 11 is 6.06. The van der Waals surface area contributed by atoms with Crippen molar-refractivity contribution >= 4 is 11.6 Å². The van der Waals surface area contributed by atoms with Crippen LogP contribution < -0.4 is 5.32 Å². The van der Waals surface area contributed by atoms with Gasteiger partial charge in [-0.3, -0.25) is 0 Å². The molecule has 0 aromatic heterocycles. The van der Waals surface area contributed by atoms with Crippen LogP contribution in [0.3, 0.4) is 0 Å². The number of nitrogens with one attached hydrogen (secondary N) is 1. The van der Waals surface area contributed by atoms with Crippen molar-refractivity contribution < 1.29 is 9.47 Å². The monoisotopic (exact) mass is 299 g/mol. The van der Waals surface area contributed by atoms with Crippen LogP contribution in [0, 0.1) is 0 Å². The number of benzene rings is 1. The molecule has 3 nitrogen and oxygen atoms in total. The summed E-state index contributed by atoms with van der Waals surface area (Å²) in [7, 11) is 1.73. The van der Waals surface area contributed by atoms with Gasteiger partial charge in [-0.15, -0.1) is 0 Å². The first-order valence-electron chi connectivity index (χ1n) is 7.11. The summed E-state index contributed by atoms with van der Waals surface area (Å²) in [5.41, 5.74) is 0.950. The molecule has 4 heteroatoms. The molecule has 0 aliphatic carbocycles. The fourth-order valence-corrected chi connectivity index (χ4v) is 2.00. The maximum atomic E-state index is 6.06. The van der Waals surface area contributed by atoms with E-state index in [-0.39, 0.29) is 11.7 Å². The van der Waals surface area contributed by atoms with Crippen LogP contribution in [-0.2, 0) is 9.47 Å². The molecule has 0 heterocycles. The zero-order chi connectivity index (χ0) is 15.0. The van der Waals surface area contributed by atoms with E-state index in [1.165, 1.54) is 0 Å². The number of hydrogen-bond donors (Lipinski definition) is 1. The van der Waals surface area contributed by atoms with Gasteiger partial charge in [0.1, 0.15) is 0 Å². The first-order valence-corrected chi connectivity index (χ1v) is 7.49. The Kier molecular flexibility index (Phi) is 7.52. The number of methoxy groups -OCH3 is 1. The predicted octanol–water partition coefficient (Wildman–Crippen LogP) is 3.82. The van der Waals surface area contributed by atoms with Gasteiger partial charge in [0.25, 0.3) is 0 Å². The number of halogens is 1. The Balaban J connectivity index is 2.61. The second-order valence-electron chi connectivity index (χ2n) is 5.44. The predicted molar refractivity (Wildman–Crippen MR) is 84.4 cm³/mol. The second kappa shape index (κ2) is 8.63. The van der Waals surface area contributed by atoms with Gasteiger partial charge in [0.2, 0.25) is 0 Å². The molecule has 0 amide bonds. The Morgan fingerprint density at radius 2 is 2.10 bits per heavy atom. The maximum absolute atomic E-state index is 6.06. The molecule has 0 bridgehead atoms. The number of rotatable bonds is 9. The Morgan fingerprint density at radius 3 is 2.70 bits per heavy atom. The lowest BCUT2D eigenvalue weighted by atomic mass is 10.1. The number of hydrogen-bond acceptors (Lipinski definition) is 3. The van der Waals surface area contributed by atoms with Gasteiger partial charge in [0, 0.05) is 18.7 Å². The van der Waals surface area contributed by atoms with Crippen molar-refractivity contribution in [3.63, 3.8) is 0 Å². The fraction of sp³-hybridized carbons (Fsp3) is 0.625. The highest BCUT2D eigenvalue weighted by molar-refractivity contribution is 6.30. The minimum Gasteiger partial charge on any atom is -0.379 e. The summed E-state index contributed by atoms with van der Waals surface area (Å²) in [4.78, 5) is 0. The van der Waals surface area contributed by atoms with Crippen LogP contribution in [0.2, 0.25) is 5.02 Å². The highest BCUT2D eigenvalue weighted by atomic mass is 35.5. The summed E-state index contributed by atoms with van der Waals surface area (Å²) < 4.78 is 11.4. The third kappa shape index (κ3) is 6.23. The molecule has 114 valence electrons. The van der Waals surface area contributed by atoms with E-state index < -0.39 is 0 Å². The molecule has 1 unspecified atom stereocenters. The molecule has 1 N–H and O–H groups in total. The highest BCUT2D eigenvalue weighted by Gasteiger charge is 2.18. The van der Waals surface area contributed by atoms with E-state index in [4.69, 9.17) is 21.1 Å². The minimum absolute atomic E-state index is 0.0151. The summed E-state index contributed by atoms with van der Waals surface area (Å²) in [6, 6.07) is 7.85. The molecule has 20 heavy (non-hydrogen) atoms. The van der Waals surface area contributed by atoms with Crippen molar-refractivity contribution in [2.45, 2.75) is 38.9 Å². The van der Waals surface area contributed by atoms with Gasteiger partial charge in [0.15, 0.2) is 0 Å².